The maximum Gasteiger partial charge on any atom is 0.295 e. The van der Waals surface area contributed by atoms with Crippen LogP contribution in [0.1, 0.15) is 69.2 Å². The highest BCUT2D eigenvalue weighted by molar-refractivity contribution is 6.46. The number of nitrogens with one attached hydrogen (secondary N) is 1. The van der Waals surface area contributed by atoms with Crippen LogP contribution in [0.3, 0.4) is 0 Å². The van der Waals surface area contributed by atoms with Crippen molar-refractivity contribution in [2.45, 2.75) is 52.5 Å². The van der Waals surface area contributed by atoms with Gasteiger partial charge in [-0.25, -0.2) is 0 Å². The third-order valence-corrected chi connectivity index (χ3v) is 6.41. The Morgan fingerprint density at radius 3 is 2.62 bits per heavy atom. The first kappa shape index (κ1) is 23.6. The molecule has 2 aromatic carbocycles. The lowest BCUT2D eigenvalue weighted by Gasteiger charge is -2.25. The summed E-state index contributed by atoms with van der Waals surface area (Å²) in [5.74, 6) is -0.460. The molecule has 3 aromatic rings. The molecule has 6 nitrogen and oxygen atoms in total. The molecule has 1 saturated heterocycles. The molecule has 1 amide bonds. The number of nitrogens with zero attached hydrogens (tertiary/aromatic N) is 1. The van der Waals surface area contributed by atoms with Crippen molar-refractivity contribution in [3.8, 4) is 5.75 Å². The number of amides is 1. The number of aliphatic hydroxyl groups is 1. The second kappa shape index (κ2) is 9.75. The smallest absolute Gasteiger partial charge is 0.295 e. The molecule has 4 rings (SSSR count). The van der Waals surface area contributed by atoms with E-state index in [4.69, 9.17) is 4.74 Å². The second-order valence-electron chi connectivity index (χ2n) is 8.98. The van der Waals surface area contributed by atoms with Crippen molar-refractivity contribution in [2.75, 3.05) is 13.2 Å². The minimum absolute atomic E-state index is 0.129. The van der Waals surface area contributed by atoms with Crippen LogP contribution in [0.15, 0.2) is 54.2 Å². The first-order valence-electron chi connectivity index (χ1n) is 12.0. The van der Waals surface area contributed by atoms with Gasteiger partial charge < -0.3 is 19.7 Å². The van der Waals surface area contributed by atoms with Crippen molar-refractivity contribution in [1.82, 2.24) is 9.88 Å². The van der Waals surface area contributed by atoms with E-state index in [1.807, 2.05) is 56.4 Å². The number of Topliss-reactive ketones (excluding diaryl/α,β-unsaturated/α-hetero) is 1. The number of likely N-dealkylation sites (tertiary alicyclic amines) is 1. The number of hydrogen-bond acceptors (Lipinski definition) is 4. The van der Waals surface area contributed by atoms with E-state index < -0.39 is 17.7 Å². The molecule has 178 valence electrons. The molecular formula is C28H32N2O4. The number of benzene rings is 2. The third kappa shape index (κ3) is 4.09. The van der Waals surface area contributed by atoms with Gasteiger partial charge in [0.1, 0.15) is 11.5 Å². The Kier molecular flexibility index (Phi) is 6.77. The molecule has 0 bridgehead atoms. The summed E-state index contributed by atoms with van der Waals surface area (Å²) >= 11 is 0. The molecule has 2 N–H and O–H groups in total. The average Bonchev–Trinajstić information content (AvgIpc) is 3.36. The zero-order chi connectivity index (χ0) is 24.4. The van der Waals surface area contributed by atoms with Crippen LogP contribution in [0.2, 0.25) is 0 Å². The maximum atomic E-state index is 13.3. The van der Waals surface area contributed by atoms with Gasteiger partial charge in [-0.15, -0.1) is 0 Å². The van der Waals surface area contributed by atoms with Crippen LogP contribution < -0.4 is 4.74 Å². The van der Waals surface area contributed by atoms with Gasteiger partial charge in [-0.2, -0.15) is 0 Å². The van der Waals surface area contributed by atoms with E-state index in [2.05, 4.69) is 18.8 Å². The fraction of sp³-hybridized carbons (Fsp3) is 0.357. The summed E-state index contributed by atoms with van der Waals surface area (Å²) in [6, 6.07) is 12.6. The minimum Gasteiger partial charge on any atom is -0.507 e. The lowest BCUT2D eigenvalue weighted by molar-refractivity contribution is -0.139. The van der Waals surface area contributed by atoms with Gasteiger partial charge in [0.15, 0.2) is 0 Å². The lowest BCUT2D eigenvalue weighted by Crippen LogP contribution is -2.30. The molecule has 1 atom stereocenters. The van der Waals surface area contributed by atoms with Crippen molar-refractivity contribution >= 4 is 28.4 Å². The second-order valence-corrected chi connectivity index (χ2v) is 8.98. The highest BCUT2D eigenvalue weighted by Crippen LogP contribution is 2.42. The van der Waals surface area contributed by atoms with Crippen LogP contribution in [0, 0.1) is 0 Å². The van der Waals surface area contributed by atoms with Gasteiger partial charge in [0.2, 0.25) is 0 Å². The molecule has 0 spiro atoms. The Hall–Kier alpha value is -3.54. The molecule has 6 heteroatoms. The highest BCUT2D eigenvalue weighted by atomic mass is 16.5. The summed E-state index contributed by atoms with van der Waals surface area (Å²) in [6.07, 6.45) is 3.50. The number of hydrogen-bond donors (Lipinski definition) is 2. The van der Waals surface area contributed by atoms with E-state index in [9.17, 15) is 14.7 Å². The number of aliphatic hydroxyl groups excluding tert-OH is 1. The summed E-state index contributed by atoms with van der Waals surface area (Å²) < 4.78 is 5.76. The van der Waals surface area contributed by atoms with Crippen molar-refractivity contribution in [3.63, 3.8) is 0 Å². The van der Waals surface area contributed by atoms with Gasteiger partial charge in [-0.05, 0) is 49.1 Å². The summed E-state index contributed by atoms with van der Waals surface area (Å²) in [6.45, 7) is 9.06. The van der Waals surface area contributed by atoms with E-state index in [0.717, 1.165) is 40.6 Å². The number of aromatic nitrogens is 1. The number of fused-ring (bicyclic) bond motifs is 1. The summed E-state index contributed by atoms with van der Waals surface area (Å²) in [7, 11) is 0. The SMILES string of the molecule is CCCCN1C(=O)C(=O)/C(=C(/O)c2ccc(OCC)c(C(C)C)c2)C1c1c[nH]c2ccccc12. The van der Waals surface area contributed by atoms with E-state index in [0.29, 0.717) is 18.7 Å². The quantitative estimate of drug-likeness (QED) is 0.249. The van der Waals surface area contributed by atoms with Crippen LogP contribution in [-0.4, -0.2) is 39.8 Å². The molecule has 0 saturated carbocycles. The van der Waals surface area contributed by atoms with Gasteiger partial charge in [-0.1, -0.05) is 45.4 Å². The van der Waals surface area contributed by atoms with Crippen LogP contribution in [-0.2, 0) is 9.59 Å². The molecule has 0 aliphatic carbocycles. The van der Waals surface area contributed by atoms with Crippen molar-refractivity contribution in [3.05, 3.63) is 70.9 Å². The number of unbranched alkanes of at least 4 members (excludes halogenated alkanes) is 1. The molecule has 2 heterocycles. The van der Waals surface area contributed by atoms with Gasteiger partial charge in [-0.3, -0.25) is 9.59 Å². The number of ketones is 1. The predicted octanol–water partition coefficient (Wildman–Crippen LogP) is 5.91. The molecule has 1 aliphatic heterocycles. The molecular weight excluding hydrogens is 428 g/mol. The molecule has 1 fully saturated rings. The normalized spacial score (nSPS) is 17.8. The van der Waals surface area contributed by atoms with Crippen LogP contribution in [0.4, 0.5) is 0 Å². The Morgan fingerprint density at radius 2 is 1.91 bits per heavy atom. The minimum atomic E-state index is -0.656. The third-order valence-electron chi connectivity index (χ3n) is 6.41. The number of ether oxygens (including phenoxy) is 1. The van der Waals surface area contributed by atoms with Crippen molar-refractivity contribution < 1.29 is 19.4 Å². The lowest BCUT2D eigenvalue weighted by atomic mass is 9.93. The average molecular weight is 461 g/mol. The van der Waals surface area contributed by atoms with Crippen molar-refractivity contribution in [1.29, 1.82) is 0 Å². The molecule has 1 aliphatic rings. The zero-order valence-corrected chi connectivity index (χ0v) is 20.2. The Bertz CT molecular complexity index is 1250. The van der Waals surface area contributed by atoms with E-state index in [1.54, 1.807) is 11.0 Å². The largest absolute Gasteiger partial charge is 0.507 e. The van der Waals surface area contributed by atoms with E-state index in [-0.39, 0.29) is 17.3 Å². The highest BCUT2D eigenvalue weighted by Gasteiger charge is 2.46. The zero-order valence-electron chi connectivity index (χ0n) is 20.2. The van der Waals surface area contributed by atoms with Crippen molar-refractivity contribution in [2.24, 2.45) is 0 Å². The fourth-order valence-corrected chi connectivity index (χ4v) is 4.67. The van der Waals surface area contributed by atoms with Gasteiger partial charge in [0.05, 0.1) is 18.2 Å². The van der Waals surface area contributed by atoms with Crippen LogP contribution in [0.5, 0.6) is 5.75 Å². The topological polar surface area (TPSA) is 82.6 Å². The Balaban J connectivity index is 1.90. The van der Waals surface area contributed by atoms with Crippen LogP contribution >= 0.6 is 0 Å². The predicted molar refractivity (Wildman–Crippen MR) is 134 cm³/mol. The summed E-state index contributed by atoms with van der Waals surface area (Å²) in [4.78, 5) is 31.2. The molecule has 1 unspecified atom stereocenters. The summed E-state index contributed by atoms with van der Waals surface area (Å²) in [5.41, 5.74) is 3.30. The number of aromatic amines is 1. The Labute approximate surface area is 200 Å². The fourth-order valence-electron chi connectivity index (χ4n) is 4.67. The number of rotatable bonds is 8. The summed E-state index contributed by atoms with van der Waals surface area (Å²) in [5, 5.41) is 12.4. The molecule has 0 radical (unpaired) electrons. The standard InChI is InChI=1S/C28H32N2O4/c1-5-7-14-30-25(21-16-29-22-11-9-8-10-19(21)22)24(27(32)28(30)33)26(31)18-12-13-23(34-6-2)20(15-18)17(3)4/h8-13,15-17,25,29,31H,5-7,14H2,1-4H3/b26-24+. The van der Waals surface area contributed by atoms with Crippen LogP contribution in [0.25, 0.3) is 16.7 Å². The Morgan fingerprint density at radius 1 is 1.15 bits per heavy atom. The number of H-pyrrole nitrogens is 1. The maximum absolute atomic E-state index is 13.3. The molecule has 34 heavy (non-hydrogen) atoms. The van der Waals surface area contributed by atoms with E-state index >= 15 is 0 Å². The van der Waals surface area contributed by atoms with E-state index in [1.165, 1.54) is 0 Å². The molecule has 1 aromatic heterocycles. The first-order chi connectivity index (χ1) is 16.4. The van der Waals surface area contributed by atoms with Gasteiger partial charge in [0, 0.05) is 34.8 Å². The number of carbonyl (C=O) groups excluding carboxylic acids is 2. The number of carbonyl (C=O) groups is 2. The van der Waals surface area contributed by atoms with Gasteiger partial charge in [0.25, 0.3) is 11.7 Å². The number of para-hydroxylation sites is 1. The monoisotopic (exact) mass is 460 g/mol. The first-order valence-corrected chi connectivity index (χ1v) is 12.0. The van der Waals surface area contributed by atoms with Gasteiger partial charge >= 0.3 is 0 Å².